The maximum atomic E-state index is 9.67. The predicted molar refractivity (Wildman–Crippen MR) is 51.4 cm³/mol. The maximum absolute atomic E-state index is 9.67. The fraction of sp³-hybridized carbons (Fsp3) is 0.500. The number of aliphatic hydroxyl groups is 1. The van der Waals surface area contributed by atoms with Gasteiger partial charge in [0.15, 0.2) is 0 Å². The summed E-state index contributed by atoms with van der Waals surface area (Å²) in [6.45, 7) is 0. The lowest BCUT2D eigenvalue weighted by Gasteiger charge is -2.12. The van der Waals surface area contributed by atoms with Crippen molar-refractivity contribution in [2.45, 2.75) is 24.9 Å². The van der Waals surface area contributed by atoms with Crippen molar-refractivity contribution in [1.82, 2.24) is 0 Å². The summed E-state index contributed by atoms with van der Waals surface area (Å²) >= 11 is 0. The van der Waals surface area contributed by atoms with Crippen molar-refractivity contribution in [2.24, 2.45) is 11.8 Å². The fourth-order valence-electron chi connectivity index (χ4n) is 2.83. The van der Waals surface area contributed by atoms with Gasteiger partial charge in [-0.05, 0) is 36.2 Å². The Morgan fingerprint density at radius 3 is 2.31 bits per heavy atom. The van der Waals surface area contributed by atoms with E-state index < -0.39 is 0 Å². The van der Waals surface area contributed by atoms with Crippen LogP contribution in [0.3, 0.4) is 0 Å². The van der Waals surface area contributed by atoms with Gasteiger partial charge in [0.25, 0.3) is 0 Å². The number of rotatable bonds is 1. The average Bonchev–Trinajstić information content (AvgIpc) is 2.89. The maximum Gasteiger partial charge on any atom is 0.0577 e. The first-order valence-electron chi connectivity index (χ1n) is 5.09. The van der Waals surface area contributed by atoms with Gasteiger partial charge < -0.3 is 5.11 Å². The smallest absolute Gasteiger partial charge is 0.0577 e. The lowest BCUT2D eigenvalue weighted by molar-refractivity contribution is 0.156. The van der Waals surface area contributed by atoms with E-state index in [0.29, 0.717) is 11.8 Å². The van der Waals surface area contributed by atoms with Crippen molar-refractivity contribution in [3.63, 3.8) is 0 Å². The van der Waals surface area contributed by atoms with Crippen LogP contribution < -0.4 is 0 Å². The molecule has 0 spiro atoms. The minimum atomic E-state index is -0.0183. The van der Waals surface area contributed by atoms with Crippen molar-refractivity contribution < 1.29 is 5.11 Å². The van der Waals surface area contributed by atoms with E-state index in [1.807, 2.05) is 0 Å². The van der Waals surface area contributed by atoms with E-state index in [1.54, 1.807) is 0 Å². The molecule has 1 nitrogen and oxygen atoms in total. The molecule has 0 aromatic heterocycles. The Balaban J connectivity index is 1.88. The molecular weight excluding hydrogens is 160 g/mol. The minimum absolute atomic E-state index is 0.0183. The second kappa shape index (κ2) is 2.58. The molecule has 0 bridgehead atoms. The Morgan fingerprint density at radius 1 is 1.00 bits per heavy atom. The highest BCUT2D eigenvalue weighted by molar-refractivity contribution is 5.25. The Morgan fingerprint density at radius 2 is 1.77 bits per heavy atom. The summed E-state index contributed by atoms with van der Waals surface area (Å²) in [4.78, 5) is 0. The Hall–Kier alpha value is -0.820. The summed E-state index contributed by atoms with van der Waals surface area (Å²) < 4.78 is 0. The Bertz CT molecular complexity index is 306. The quantitative estimate of drug-likeness (QED) is 0.691. The van der Waals surface area contributed by atoms with Gasteiger partial charge in [0.1, 0.15) is 0 Å². The van der Waals surface area contributed by atoms with Crippen molar-refractivity contribution in [3.05, 3.63) is 35.9 Å². The van der Waals surface area contributed by atoms with E-state index >= 15 is 0 Å². The largest absolute Gasteiger partial charge is 0.393 e. The molecule has 2 aliphatic rings. The first kappa shape index (κ1) is 7.57. The van der Waals surface area contributed by atoms with Crippen LogP contribution in [0.1, 0.15) is 24.3 Å². The van der Waals surface area contributed by atoms with Gasteiger partial charge in [-0.1, -0.05) is 30.3 Å². The molecule has 4 atom stereocenters. The summed E-state index contributed by atoms with van der Waals surface area (Å²) in [6, 6.07) is 10.6. The van der Waals surface area contributed by atoms with Gasteiger partial charge in [0, 0.05) is 0 Å². The van der Waals surface area contributed by atoms with E-state index in [-0.39, 0.29) is 6.10 Å². The third-order valence-corrected chi connectivity index (χ3v) is 3.63. The zero-order chi connectivity index (χ0) is 8.84. The summed E-state index contributed by atoms with van der Waals surface area (Å²) in [5.41, 5.74) is 1.42. The van der Waals surface area contributed by atoms with Gasteiger partial charge in [-0.15, -0.1) is 0 Å². The molecule has 0 saturated heterocycles. The van der Waals surface area contributed by atoms with Crippen LogP contribution in [0.4, 0.5) is 0 Å². The molecule has 3 rings (SSSR count). The van der Waals surface area contributed by atoms with Gasteiger partial charge in [-0.25, -0.2) is 0 Å². The van der Waals surface area contributed by atoms with Gasteiger partial charge in [-0.3, -0.25) is 0 Å². The number of hydrogen-bond acceptors (Lipinski definition) is 1. The van der Waals surface area contributed by atoms with E-state index in [2.05, 4.69) is 30.3 Å². The van der Waals surface area contributed by atoms with E-state index in [0.717, 1.165) is 12.3 Å². The summed E-state index contributed by atoms with van der Waals surface area (Å²) in [5, 5.41) is 9.67. The van der Waals surface area contributed by atoms with Crippen LogP contribution in [0.25, 0.3) is 0 Å². The molecule has 68 valence electrons. The number of benzene rings is 1. The standard InChI is InChI=1S/C12H14O/c13-12-7-9(10-6-11(10)12)8-4-2-1-3-5-8/h1-5,9-13H,6-7H2/t9-,10?,11-,12+/m1/s1. The third-order valence-electron chi connectivity index (χ3n) is 3.63. The highest BCUT2D eigenvalue weighted by Crippen LogP contribution is 2.59. The molecule has 0 heterocycles. The van der Waals surface area contributed by atoms with Crippen LogP contribution in [0.15, 0.2) is 30.3 Å². The van der Waals surface area contributed by atoms with Crippen molar-refractivity contribution >= 4 is 0 Å². The lowest BCUT2D eigenvalue weighted by Crippen LogP contribution is -2.06. The van der Waals surface area contributed by atoms with Crippen LogP contribution in [0.2, 0.25) is 0 Å². The molecule has 13 heavy (non-hydrogen) atoms. The molecule has 2 fully saturated rings. The molecule has 1 aromatic rings. The molecule has 1 N–H and O–H groups in total. The predicted octanol–water partition coefficient (Wildman–Crippen LogP) is 2.17. The SMILES string of the molecule is O[C@H]1C[C@H](c2ccccc2)C2C[C@H]21. The van der Waals surface area contributed by atoms with Crippen LogP contribution in [0, 0.1) is 11.8 Å². The Kier molecular flexibility index (Phi) is 1.50. The molecule has 0 radical (unpaired) electrons. The molecule has 0 aliphatic heterocycles. The van der Waals surface area contributed by atoms with Crippen molar-refractivity contribution in [2.75, 3.05) is 0 Å². The summed E-state index contributed by atoms with van der Waals surface area (Å²) in [5.74, 6) is 2.06. The van der Waals surface area contributed by atoms with E-state index in [9.17, 15) is 5.11 Å². The number of hydrogen-bond donors (Lipinski definition) is 1. The highest BCUT2D eigenvalue weighted by Gasteiger charge is 2.53. The highest BCUT2D eigenvalue weighted by atomic mass is 16.3. The Labute approximate surface area is 78.4 Å². The zero-order valence-electron chi connectivity index (χ0n) is 7.56. The number of aliphatic hydroxyl groups excluding tert-OH is 1. The van der Waals surface area contributed by atoms with Crippen LogP contribution in [0.5, 0.6) is 0 Å². The molecule has 1 unspecified atom stereocenters. The van der Waals surface area contributed by atoms with Crippen molar-refractivity contribution in [3.8, 4) is 0 Å². The van der Waals surface area contributed by atoms with Gasteiger partial charge in [-0.2, -0.15) is 0 Å². The first-order valence-corrected chi connectivity index (χ1v) is 5.09. The molecule has 0 amide bonds. The molecule has 1 heteroatoms. The number of fused-ring (bicyclic) bond motifs is 1. The average molecular weight is 174 g/mol. The summed E-state index contributed by atoms with van der Waals surface area (Å²) in [6.07, 6.45) is 2.22. The van der Waals surface area contributed by atoms with Crippen molar-refractivity contribution in [1.29, 1.82) is 0 Å². The van der Waals surface area contributed by atoms with Crippen LogP contribution >= 0.6 is 0 Å². The monoisotopic (exact) mass is 174 g/mol. The molecule has 2 saturated carbocycles. The molecule has 1 aromatic carbocycles. The zero-order valence-corrected chi connectivity index (χ0v) is 7.56. The van der Waals surface area contributed by atoms with E-state index in [1.165, 1.54) is 12.0 Å². The summed E-state index contributed by atoms with van der Waals surface area (Å²) in [7, 11) is 0. The first-order chi connectivity index (χ1) is 6.36. The minimum Gasteiger partial charge on any atom is -0.393 e. The lowest BCUT2D eigenvalue weighted by atomic mass is 9.94. The second-order valence-corrected chi connectivity index (χ2v) is 4.38. The third kappa shape index (κ3) is 1.11. The van der Waals surface area contributed by atoms with E-state index in [4.69, 9.17) is 0 Å². The van der Waals surface area contributed by atoms with Crippen LogP contribution in [-0.4, -0.2) is 11.2 Å². The molecule has 2 aliphatic carbocycles. The van der Waals surface area contributed by atoms with Gasteiger partial charge >= 0.3 is 0 Å². The normalized spacial score (nSPS) is 41.6. The van der Waals surface area contributed by atoms with Crippen LogP contribution in [-0.2, 0) is 0 Å². The van der Waals surface area contributed by atoms with Gasteiger partial charge in [0.05, 0.1) is 6.10 Å². The van der Waals surface area contributed by atoms with Gasteiger partial charge in [0.2, 0.25) is 0 Å². The molecular formula is C12H14O. The fourth-order valence-corrected chi connectivity index (χ4v) is 2.83. The topological polar surface area (TPSA) is 20.2 Å². The second-order valence-electron chi connectivity index (χ2n) is 4.38.